The Morgan fingerprint density at radius 3 is 2.58 bits per heavy atom. The number of amides is 1. The number of halogens is 1. The number of rotatable bonds is 5. The molecule has 1 aliphatic heterocycles. The van der Waals surface area contributed by atoms with Crippen LogP contribution in [0.25, 0.3) is 11.3 Å². The molecule has 1 aromatic carbocycles. The number of aliphatic hydroxyl groups is 2. The topological polar surface area (TPSA) is 127 Å². The molecule has 1 fully saturated rings. The molecule has 9 nitrogen and oxygen atoms in total. The molecule has 31 heavy (non-hydrogen) atoms. The third kappa shape index (κ3) is 4.22. The molecule has 0 saturated carbocycles. The van der Waals surface area contributed by atoms with E-state index in [0.717, 1.165) is 10.1 Å². The first-order chi connectivity index (χ1) is 15.0. The van der Waals surface area contributed by atoms with Crippen LogP contribution in [0.15, 0.2) is 65.6 Å². The van der Waals surface area contributed by atoms with Gasteiger partial charge >= 0.3 is 5.69 Å². The fraction of sp³-hybridized carbons (Fsp3) is 0.238. The standard InChI is InChI=1S/C21H19FN4O5/c22-17-18(28)15(11-27)31-20(17)26-10-9-16(25-21(26)30)24-19(29)14-8-4-7-13(23-14)12-5-2-1-3-6-12/h1-10,15,17-18,20,27-28H,11H2,(H,24,25,29,30)/t15-,17-,18-,20-/m1/s1. The summed E-state index contributed by atoms with van der Waals surface area (Å²) < 4.78 is 20.3. The smallest absolute Gasteiger partial charge is 0.351 e. The number of nitrogens with zero attached hydrogens (tertiary/aromatic N) is 3. The van der Waals surface area contributed by atoms with Gasteiger partial charge in [0.1, 0.15) is 23.7 Å². The lowest BCUT2D eigenvalue weighted by Crippen LogP contribution is -2.33. The predicted octanol–water partition coefficient (Wildman–Crippen LogP) is 1.15. The summed E-state index contributed by atoms with van der Waals surface area (Å²) in [6.45, 7) is -0.594. The average Bonchev–Trinajstić information content (AvgIpc) is 3.08. The van der Waals surface area contributed by atoms with Crippen molar-refractivity contribution in [1.82, 2.24) is 14.5 Å². The molecule has 4 rings (SSSR count). The lowest BCUT2D eigenvalue weighted by atomic mass is 10.1. The van der Waals surface area contributed by atoms with Crippen LogP contribution in [0.5, 0.6) is 0 Å². The largest absolute Gasteiger partial charge is 0.394 e. The molecule has 1 saturated heterocycles. The first-order valence-corrected chi connectivity index (χ1v) is 9.49. The molecule has 0 radical (unpaired) electrons. The Morgan fingerprint density at radius 2 is 1.90 bits per heavy atom. The molecule has 0 spiro atoms. The van der Waals surface area contributed by atoms with Gasteiger partial charge in [-0.05, 0) is 18.2 Å². The lowest BCUT2D eigenvalue weighted by Gasteiger charge is -2.16. The van der Waals surface area contributed by atoms with Crippen molar-refractivity contribution in [3.63, 3.8) is 0 Å². The molecule has 0 aliphatic carbocycles. The van der Waals surface area contributed by atoms with Gasteiger partial charge in [-0.2, -0.15) is 4.98 Å². The van der Waals surface area contributed by atoms with Gasteiger partial charge in [-0.15, -0.1) is 0 Å². The van der Waals surface area contributed by atoms with Gasteiger partial charge in [0.05, 0.1) is 12.3 Å². The monoisotopic (exact) mass is 426 g/mol. The zero-order valence-corrected chi connectivity index (χ0v) is 16.1. The van der Waals surface area contributed by atoms with Gasteiger partial charge in [-0.3, -0.25) is 9.36 Å². The number of hydrogen-bond donors (Lipinski definition) is 3. The van der Waals surface area contributed by atoms with Gasteiger partial charge in [0.15, 0.2) is 12.4 Å². The molecule has 1 aliphatic rings. The van der Waals surface area contributed by atoms with Crippen LogP contribution in [-0.2, 0) is 4.74 Å². The van der Waals surface area contributed by atoms with Crippen LogP contribution in [0.1, 0.15) is 16.7 Å². The number of carbonyl (C=O) groups is 1. The van der Waals surface area contributed by atoms with Crippen molar-refractivity contribution in [2.24, 2.45) is 0 Å². The molecular weight excluding hydrogens is 407 g/mol. The normalized spacial score (nSPS) is 22.9. The van der Waals surface area contributed by atoms with Crippen LogP contribution in [0.2, 0.25) is 0 Å². The lowest BCUT2D eigenvalue weighted by molar-refractivity contribution is -0.0490. The molecule has 3 N–H and O–H groups in total. The summed E-state index contributed by atoms with van der Waals surface area (Å²) >= 11 is 0. The summed E-state index contributed by atoms with van der Waals surface area (Å²) in [6, 6.07) is 15.6. The van der Waals surface area contributed by atoms with Crippen molar-refractivity contribution in [2.75, 3.05) is 11.9 Å². The van der Waals surface area contributed by atoms with E-state index >= 15 is 0 Å². The molecule has 0 bridgehead atoms. The van der Waals surface area contributed by atoms with Gasteiger partial charge in [-0.25, -0.2) is 14.2 Å². The fourth-order valence-corrected chi connectivity index (χ4v) is 3.27. The highest BCUT2D eigenvalue weighted by atomic mass is 19.1. The molecule has 3 aromatic rings. The Hall–Kier alpha value is -3.47. The summed E-state index contributed by atoms with van der Waals surface area (Å²) in [5.74, 6) is -0.621. The second kappa shape index (κ2) is 8.72. The van der Waals surface area contributed by atoms with E-state index in [-0.39, 0.29) is 11.5 Å². The van der Waals surface area contributed by atoms with Crippen molar-refractivity contribution in [1.29, 1.82) is 0 Å². The van der Waals surface area contributed by atoms with Gasteiger partial charge < -0.3 is 20.3 Å². The Bertz CT molecular complexity index is 1140. The van der Waals surface area contributed by atoms with Crippen LogP contribution in [0.3, 0.4) is 0 Å². The van der Waals surface area contributed by atoms with Crippen molar-refractivity contribution in [3.8, 4) is 11.3 Å². The number of hydrogen-bond acceptors (Lipinski definition) is 7. The highest BCUT2D eigenvalue weighted by Gasteiger charge is 2.45. The number of alkyl halides is 1. The Labute approximate surface area is 175 Å². The maximum absolute atomic E-state index is 14.2. The minimum atomic E-state index is -1.91. The number of benzene rings is 1. The highest BCUT2D eigenvalue weighted by molar-refractivity contribution is 6.02. The molecule has 0 unspecified atom stereocenters. The van der Waals surface area contributed by atoms with E-state index in [1.165, 1.54) is 18.3 Å². The number of pyridine rings is 1. The second-order valence-electron chi connectivity index (χ2n) is 6.91. The highest BCUT2D eigenvalue weighted by Crippen LogP contribution is 2.30. The van der Waals surface area contributed by atoms with E-state index in [1.54, 1.807) is 12.1 Å². The minimum Gasteiger partial charge on any atom is -0.394 e. The summed E-state index contributed by atoms with van der Waals surface area (Å²) in [4.78, 5) is 32.9. The Kier molecular flexibility index (Phi) is 5.85. The zero-order valence-electron chi connectivity index (χ0n) is 16.1. The predicted molar refractivity (Wildman–Crippen MR) is 108 cm³/mol. The van der Waals surface area contributed by atoms with Gasteiger partial charge in [0.25, 0.3) is 5.91 Å². The average molecular weight is 426 g/mol. The summed E-state index contributed by atoms with van der Waals surface area (Å²) in [5, 5.41) is 21.3. The first-order valence-electron chi connectivity index (χ1n) is 9.49. The second-order valence-corrected chi connectivity index (χ2v) is 6.91. The molecule has 160 valence electrons. The third-order valence-corrected chi connectivity index (χ3v) is 4.87. The van der Waals surface area contributed by atoms with E-state index in [4.69, 9.17) is 9.84 Å². The molecule has 4 atom stereocenters. The maximum atomic E-state index is 14.2. The van der Waals surface area contributed by atoms with Crippen LogP contribution in [0, 0.1) is 0 Å². The Morgan fingerprint density at radius 1 is 1.13 bits per heavy atom. The summed E-state index contributed by atoms with van der Waals surface area (Å²) in [7, 11) is 0. The zero-order chi connectivity index (χ0) is 22.0. The van der Waals surface area contributed by atoms with E-state index in [0.29, 0.717) is 5.69 Å². The fourth-order valence-electron chi connectivity index (χ4n) is 3.27. The van der Waals surface area contributed by atoms with E-state index in [9.17, 15) is 19.1 Å². The van der Waals surface area contributed by atoms with Gasteiger partial charge in [0.2, 0.25) is 0 Å². The molecule has 3 heterocycles. The number of nitrogens with one attached hydrogen (secondary N) is 1. The minimum absolute atomic E-state index is 0.0502. The maximum Gasteiger partial charge on any atom is 0.351 e. The number of carbonyl (C=O) groups excluding carboxylic acids is 1. The number of aliphatic hydroxyl groups excluding tert-OH is 2. The van der Waals surface area contributed by atoms with E-state index < -0.39 is 42.8 Å². The molecule has 1 amide bonds. The SMILES string of the molecule is O=C(Nc1ccn([C@@H]2O[C@H](CO)[C@@H](O)[C@H]2F)c(=O)n1)c1cccc(-c2ccccc2)n1. The third-order valence-electron chi connectivity index (χ3n) is 4.87. The van der Waals surface area contributed by atoms with Crippen molar-refractivity contribution in [3.05, 3.63) is 77.0 Å². The van der Waals surface area contributed by atoms with Crippen LogP contribution in [0.4, 0.5) is 10.2 Å². The van der Waals surface area contributed by atoms with Crippen LogP contribution >= 0.6 is 0 Å². The number of aromatic nitrogens is 3. The van der Waals surface area contributed by atoms with Crippen LogP contribution in [-0.4, -0.2) is 55.6 Å². The van der Waals surface area contributed by atoms with Crippen LogP contribution < -0.4 is 11.0 Å². The summed E-state index contributed by atoms with van der Waals surface area (Å²) in [5.41, 5.74) is 0.700. The van der Waals surface area contributed by atoms with E-state index in [2.05, 4.69) is 15.3 Å². The number of ether oxygens (including phenoxy) is 1. The number of anilines is 1. The van der Waals surface area contributed by atoms with E-state index in [1.807, 2.05) is 30.3 Å². The van der Waals surface area contributed by atoms with Gasteiger partial charge in [-0.1, -0.05) is 36.4 Å². The molecule has 10 heteroatoms. The Balaban J connectivity index is 1.51. The first kappa shape index (κ1) is 20.8. The van der Waals surface area contributed by atoms with Crippen molar-refractivity contribution >= 4 is 11.7 Å². The van der Waals surface area contributed by atoms with Crippen molar-refractivity contribution in [2.45, 2.75) is 24.6 Å². The quantitative estimate of drug-likeness (QED) is 0.559. The molecular formula is C21H19FN4O5. The summed E-state index contributed by atoms with van der Waals surface area (Å²) in [6.07, 6.45) is -4.86. The van der Waals surface area contributed by atoms with Crippen molar-refractivity contribution < 1.29 is 24.1 Å². The van der Waals surface area contributed by atoms with Gasteiger partial charge in [0, 0.05) is 11.8 Å². The molecule has 2 aromatic heterocycles.